The number of carbonyl (C=O) groups is 1. The fourth-order valence-corrected chi connectivity index (χ4v) is 2.10. The molecular formula is C17H17NO3. The van der Waals surface area contributed by atoms with E-state index in [1.165, 1.54) is 0 Å². The lowest BCUT2D eigenvalue weighted by Gasteiger charge is -2.09. The lowest BCUT2D eigenvalue weighted by molar-refractivity contribution is -0.119. The molecule has 2 rings (SSSR count). The first-order valence-corrected chi connectivity index (χ1v) is 6.92. The molecule has 4 heteroatoms. The van der Waals surface area contributed by atoms with Crippen molar-refractivity contribution in [2.45, 2.75) is 25.7 Å². The molecule has 0 fully saturated rings. The predicted octanol–water partition coefficient (Wildman–Crippen LogP) is 3.49. The Hall–Kier alpha value is -2.54. The Bertz CT molecular complexity index is 608. The maximum Gasteiger partial charge on any atom is 0.154 e. The monoisotopic (exact) mass is 283 g/mol. The molecule has 0 saturated carbocycles. The number of aryl methyl sites for hydroxylation is 1. The average molecular weight is 283 g/mol. The number of furan rings is 1. The Kier molecular flexibility index (Phi) is 5.16. The van der Waals surface area contributed by atoms with Crippen LogP contribution in [0.3, 0.4) is 0 Å². The van der Waals surface area contributed by atoms with Crippen molar-refractivity contribution in [2.75, 3.05) is 6.61 Å². The number of ketones is 1. The van der Waals surface area contributed by atoms with Crippen LogP contribution >= 0.6 is 0 Å². The molecule has 0 amide bonds. The van der Waals surface area contributed by atoms with Crippen molar-refractivity contribution in [1.29, 1.82) is 5.26 Å². The lowest BCUT2D eigenvalue weighted by atomic mass is 9.93. The van der Waals surface area contributed by atoms with E-state index in [0.29, 0.717) is 25.0 Å². The van der Waals surface area contributed by atoms with Gasteiger partial charge in [0.1, 0.15) is 17.4 Å². The number of ether oxygens (including phenoxy) is 1. The van der Waals surface area contributed by atoms with Crippen LogP contribution in [0, 0.1) is 11.3 Å². The molecule has 0 radical (unpaired) electrons. The van der Waals surface area contributed by atoms with Gasteiger partial charge in [-0.25, -0.2) is 0 Å². The molecule has 0 aliphatic carbocycles. The zero-order valence-electron chi connectivity index (χ0n) is 11.9. The Morgan fingerprint density at radius 2 is 2.10 bits per heavy atom. The van der Waals surface area contributed by atoms with Gasteiger partial charge < -0.3 is 9.15 Å². The first-order valence-electron chi connectivity index (χ1n) is 6.92. The van der Waals surface area contributed by atoms with E-state index < -0.39 is 5.92 Å². The summed E-state index contributed by atoms with van der Waals surface area (Å²) in [6.07, 6.45) is 2.38. The molecular weight excluding hydrogens is 266 g/mol. The number of benzene rings is 1. The molecule has 21 heavy (non-hydrogen) atoms. The van der Waals surface area contributed by atoms with Crippen molar-refractivity contribution in [2.24, 2.45) is 0 Å². The molecule has 0 N–H and O–H groups in total. The second kappa shape index (κ2) is 7.30. The quantitative estimate of drug-likeness (QED) is 0.780. The number of hydrogen-bond donors (Lipinski definition) is 0. The van der Waals surface area contributed by atoms with Gasteiger partial charge >= 0.3 is 0 Å². The Morgan fingerprint density at radius 3 is 2.67 bits per heavy atom. The maximum absolute atomic E-state index is 12.2. The van der Waals surface area contributed by atoms with Crippen molar-refractivity contribution in [3.8, 4) is 11.8 Å². The van der Waals surface area contributed by atoms with Crippen LogP contribution in [-0.4, -0.2) is 12.4 Å². The van der Waals surface area contributed by atoms with Crippen LogP contribution in [0.2, 0.25) is 0 Å². The zero-order valence-corrected chi connectivity index (χ0v) is 11.9. The van der Waals surface area contributed by atoms with Gasteiger partial charge in [-0.15, -0.1) is 0 Å². The molecule has 0 aliphatic rings. The number of nitriles is 1. The minimum absolute atomic E-state index is 0.0990. The number of rotatable bonds is 7. The minimum atomic E-state index is -0.740. The Morgan fingerprint density at radius 1 is 1.33 bits per heavy atom. The van der Waals surface area contributed by atoms with Crippen LogP contribution in [0.4, 0.5) is 0 Å². The number of Topliss-reactive ketones (excluding diaryl/α,β-unsaturated/α-hetero) is 1. The second-order valence-electron chi connectivity index (χ2n) is 4.61. The van der Waals surface area contributed by atoms with E-state index in [9.17, 15) is 10.1 Å². The topological polar surface area (TPSA) is 63.2 Å². The minimum Gasteiger partial charge on any atom is -0.494 e. The summed E-state index contributed by atoms with van der Waals surface area (Å²) in [6.45, 7) is 2.49. The van der Waals surface area contributed by atoms with Crippen LogP contribution in [0.5, 0.6) is 5.75 Å². The van der Waals surface area contributed by atoms with Gasteiger partial charge in [-0.2, -0.15) is 5.26 Å². The van der Waals surface area contributed by atoms with Gasteiger partial charge in [0.15, 0.2) is 5.78 Å². The molecule has 1 aromatic carbocycles. The van der Waals surface area contributed by atoms with E-state index in [2.05, 4.69) is 6.07 Å². The van der Waals surface area contributed by atoms with Crippen molar-refractivity contribution < 1.29 is 13.9 Å². The highest BCUT2D eigenvalue weighted by atomic mass is 16.5. The molecule has 1 heterocycles. The predicted molar refractivity (Wildman–Crippen MR) is 78.0 cm³/mol. The average Bonchev–Trinajstić information content (AvgIpc) is 3.01. The van der Waals surface area contributed by atoms with Gasteiger partial charge in [-0.3, -0.25) is 4.79 Å². The first-order chi connectivity index (χ1) is 10.2. The third-order valence-corrected chi connectivity index (χ3v) is 3.17. The van der Waals surface area contributed by atoms with E-state index in [0.717, 1.165) is 11.5 Å². The molecule has 108 valence electrons. The second-order valence-corrected chi connectivity index (χ2v) is 4.61. The van der Waals surface area contributed by atoms with Gasteiger partial charge in [0, 0.05) is 12.8 Å². The normalized spacial score (nSPS) is 11.6. The van der Waals surface area contributed by atoms with Crippen LogP contribution < -0.4 is 4.74 Å². The van der Waals surface area contributed by atoms with Crippen molar-refractivity contribution in [1.82, 2.24) is 0 Å². The van der Waals surface area contributed by atoms with Gasteiger partial charge in [0.2, 0.25) is 0 Å². The molecule has 1 aromatic heterocycles. The number of carbonyl (C=O) groups excluding carboxylic acids is 1. The van der Waals surface area contributed by atoms with Crippen molar-refractivity contribution >= 4 is 5.78 Å². The standard InChI is InChI=1S/C17H17NO3/c1-2-20-15-7-5-13(6-8-15)16(12-18)17(19)10-9-14-4-3-11-21-14/h3-8,11,16H,2,9-10H2,1H3. The summed E-state index contributed by atoms with van der Waals surface area (Å²) in [5, 5.41) is 9.25. The molecule has 4 nitrogen and oxygen atoms in total. The van der Waals surface area contributed by atoms with Gasteiger partial charge in [0.05, 0.1) is 18.9 Å². The van der Waals surface area contributed by atoms with Gasteiger partial charge in [-0.05, 0) is 36.8 Å². The first kappa shape index (κ1) is 14.9. The largest absolute Gasteiger partial charge is 0.494 e. The van der Waals surface area contributed by atoms with Gasteiger partial charge in [-0.1, -0.05) is 12.1 Å². The summed E-state index contributed by atoms with van der Waals surface area (Å²) in [5.41, 5.74) is 0.699. The number of hydrogen-bond acceptors (Lipinski definition) is 4. The molecule has 2 aromatic rings. The fraction of sp³-hybridized carbons (Fsp3) is 0.294. The summed E-state index contributed by atoms with van der Waals surface area (Å²) in [6, 6.07) is 12.8. The third kappa shape index (κ3) is 3.96. The summed E-state index contributed by atoms with van der Waals surface area (Å²) in [7, 11) is 0. The van der Waals surface area contributed by atoms with Crippen molar-refractivity contribution in [3.05, 3.63) is 54.0 Å². The summed E-state index contributed by atoms with van der Waals surface area (Å²) in [4.78, 5) is 12.2. The van der Waals surface area contributed by atoms with E-state index in [-0.39, 0.29) is 5.78 Å². The number of nitrogens with zero attached hydrogens (tertiary/aromatic N) is 1. The van der Waals surface area contributed by atoms with Crippen molar-refractivity contribution in [3.63, 3.8) is 0 Å². The maximum atomic E-state index is 12.2. The zero-order chi connectivity index (χ0) is 15.1. The molecule has 0 saturated heterocycles. The highest BCUT2D eigenvalue weighted by molar-refractivity contribution is 5.88. The van der Waals surface area contributed by atoms with Crippen LogP contribution in [-0.2, 0) is 11.2 Å². The smallest absolute Gasteiger partial charge is 0.154 e. The van der Waals surface area contributed by atoms with E-state index in [1.807, 2.05) is 13.0 Å². The van der Waals surface area contributed by atoms with Crippen LogP contribution in [0.25, 0.3) is 0 Å². The highest BCUT2D eigenvalue weighted by Crippen LogP contribution is 2.22. The van der Waals surface area contributed by atoms with E-state index in [4.69, 9.17) is 9.15 Å². The molecule has 0 aliphatic heterocycles. The van der Waals surface area contributed by atoms with Crippen LogP contribution in [0.15, 0.2) is 47.1 Å². The highest BCUT2D eigenvalue weighted by Gasteiger charge is 2.20. The summed E-state index contributed by atoms with van der Waals surface area (Å²) >= 11 is 0. The third-order valence-electron chi connectivity index (χ3n) is 3.17. The van der Waals surface area contributed by atoms with Crippen LogP contribution in [0.1, 0.15) is 30.6 Å². The fourth-order valence-electron chi connectivity index (χ4n) is 2.10. The Balaban J connectivity index is 2.01. The van der Waals surface area contributed by atoms with E-state index >= 15 is 0 Å². The SMILES string of the molecule is CCOc1ccc(C(C#N)C(=O)CCc2ccco2)cc1. The summed E-state index contributed by atoms with van der Waals surface area (Å²) < 4.78 is 10.5. The van der Waals surface area contributed by atoms with Gasteiger partial charge in [0.25, 0.3) is 0 Å². The molecule has 0 spiro atoms. The summed E-state index contributed by atoms with van der Waals surface area (Å²) in [5.74, 6) is 0.654. The molecule has 1 unspecified atom stereocenters. The lowest BCUT2D eigenvalue weighted by Crippen LogP contribution is -2.11. The Labute approximate surface area is 124 Å². The molecule has 1 atom stereocenters. The van der Waals surface area contributed by atoms with E-state index in [1.54, 1.807) is 36.6 Å². The molecule has 0 bridgehead atoms.